The quantitative estimate of drug-likeness (QED) is 0.652. The summed E-state index contributed by atoms with van der Waals surface area (Å²) in [7, 11) is 0. The van der Waals surface area contributed by atoms with Crippen LogP contribution < -0.4 is 10.6 Å². The van der Waals surface area contributed by atoms with Gasteiger partial charge >= 0.3 is 0 Å². The third kappa shape index (κ3) is 4.48. The van der Waals surface area contributed by atoms with E-state index in [1.807, 2.05) is 0 Å². The van der Waals surface area contributed by atoms with Crippen molar-refractivity contribution in [3.05, 3.63) is 76.5 Å². The van der Waals surface area contributed by atoms with Crippen molar-refractivity contribution < 1.29 is 9.59 Å². The van der Waals surface area contributed by atoms with E-state index >= 15 is 0 Å². The summed E-state index contributed by atoms with van der Waals surface area (Å²) < 4.78 is 1.56. The van der Waals surface area contributed by atoms with Crippen LogP contribution in [0.25, 0.3) is 0 Å². The molecule has 2 aromatic carbocycles. The smallest absolute Gasteiger partial charge is 0.257 e. The molecule has 3 rings (SSSR count). The monoisotopic (exact) mass is 402 g/mol. The summed E-state index contributed by atoms with van der Waals surface area (Å²) in [4.78, 5) is 24.8. The fourth-order valence-corrected chi connectivity index (χ4v) is 2.82. The van der Waals surface area contributed by atoms with Crippen LogP contribution in [-0.4, -0.2) is 21.6 Å². The molecule has 0 saturated carbocycles. The SMILES string of the molecule is C[C@@H](C(=O)Nc1cccc(NC(=O)c2cccc(Cl)c2Cl)c1)n1cccn1. The van der Waals surface area contributed by atoms with Crippen molar-refractivity contribution in [1.29, 1.82) is 0 Å². The zero-order chi connectivity index (χ0) is 19.4. The molecule has 1 aromatic heterocycles. The minimum Gasteiger partial charge on any atom is -0.324 e. The number of amides is 2. The van der Waals surface area contributed by atoms with Crippen molar-refractivity contribution in [3.63, 3.8) is 0 Å². The average molecular weight is 403 g/mol. The molecule has 1 heterocycles. The highest BCUT2D eigenvalue weighted by Crippen LogP contribution is 2.26. The molecule has 2 N–H and O–H groups in total. The molecule has 0 saturated heterocycles. The normalized spacial score (nSPS) is 11.7. The van der Waals surface area contributed by atoms with E-state index in [1.54, 1.807) is 72.5 Å². The maximum Gasteiger partial charge on any atom is 0.257 e. The summed E-state index contributed by atoms with van der Waals surface area (Å²) >= 11 is 12.0. The lowest BCUT2D eigenvalue weighted by Crippen LogP contribution is -2.24. The number of hydrogen-bond donors (Lipinski definition) is 2. The van der Waals surface area contributed by atoms with Crippen LogP contribution in [-0.2, 0) is 4.79 Å². The van der Waals surface area contributed by atoms with Gasteiger partial charge in [-0.2, -0.15) is 5.10 Å². The molecule has 0 aliphatic heterocycles. The van der Waals surface area contributed by atoms with Gasteiger partial charge in [-0.1, -0.05) is 35.3 Å². The lowest BCUT2D eigenvalue weighted by Gasteiger charge is -2.14. The number of anilines is 2. The Balaban J connectivity index is 1.71. The van der Waals surface area contributed by atoms with Gasteiger partial charge in [0.15, 0.2) is 0 Å². The number of aromatic nitrogens is 2. The molecule has 0 unspecified atom stereocenters. The topological polar surface area (TPSA) is 76.0 Å². The number of nitrogens with zero attached hydrogens (tertiary/aromatic N) is 2. The van der Waals surface area contributed by atoms with Crippen molar-refractivity contribution >= 4 is 46.4 Å². The summed E-state index contributed by atoms with van der Waals surface area (Å²) in [5, 5.41) is 10.1. The van der Waals surface area contributed by atoms with Crippen LogP contribution in [0.3, 0.4) is 0 Å². The molecule has 2 amide bonds. The van der Waals surface area contributed by atoms with Gasteiger partial charge in [-0.3, -0.25) is 14.3 Å². The van der Waals surface area contributed by atoms with E-state index in [1.165, 1.54) is 0 Å². The highest BCUT2D eigenvalue weighted by atomic mass is 35.5. The van der Waals surface area contributed by atoms with Gasteiger partial charge in [0.05, 0.1) is 15.6 Å². The zero-order valence-electron chi connectivity index (χ0n) is 14.3. The Hall–Kier alpha value is -2.83. The first-order valence-electron chi connectivity index (χ1n) is 8.11. The lowest BCUT2D eigenvalue weighted by molar-refractivity contribution is -0.119. The van der Waals surface area contributed by atoms with Gasteiger partial charge in [-0.15, -0.1) is 0 Å². The summed E-state index contributed by atoms with van der Waals surface area (Å²) in [6.07, 6.45) is 3.33. The first-order valence-corrected chi connectivity index (χ1v) is 8.86. The maximum absolute atomic E-state index is 12.4. The van der Waals surface area contributed by atoms with Crippen molar-refractivity contribution in [1.82, 2.24) is 9.78 Å². The van der Waals surface area contributed by atoms with Gasteiger partial charge in [-0.25, -0.2) is 0 Å². The molecule has 1 atom stereocenters. The Morgan fingerprint density at radius 2 is 1.74 bits per heavy atom. The molecule has 0 aliphatic carbocycles. The molecular formula is C19H16Cl2N4O2. The van der Waals surface area contributed by atoms with E-state index in [9.17, 15) is 9.59 Å². The first kappa shape index (κ1) is 18.9. The zero-order valence-corrected chi connectivity index (χ0v) is 15.8. The second-order valence-corrected chi connectivity index (χ2v) is 6.57. The Morgan fingerprint density at radius 3 is 2.44 bits per heavy atom. The number of rotatable bonds is 5. The van der Waals surface area contributed by atoms with Crippen molar-refractivity contribution in [2.45, 2.75) is 13.0 Å². The summed E-state index contributed by atoms with van der Waals surface area (Å²) in [5.41, 5.74) is 1.33. The molecule has 0 fully saturated rings. The highest BCUT2D eigenvalue weighted by Gasteiger charge is 2.16. The largest absolute Gasteiger partial charge is 0.324 e. The summed E-state index contributed by atoms with van der Waals surface area (Å²) in [6.45, 7) is 1.75. The predicted octanol–water partition coefficient (Wildman–Crippen LogP) is 4.64. The second kappa shape index (κ2) is 8.24. The molecular weight excluding hydrogens is 387 g/mol. The van der Waals surface area contributed by atoms with Crippen LogP contribution in [0.15, 0.2) is 60.9 Å². The fraction of sp³-hybridized carbons (Fsp3) is 0.105. The molecule has 0 spiro atoms. The Bertz CT molecular complexity index is 974. The minimum absolute atomic E-state index is 0.189. The van der Waals surface area contributed by atoms with Crippen molar-refractivity contribution in [2.24, 2.45) is 0 Å². The average Bonchev–Trinajstić information content (AvgIpc) is 3.18. The number of halogens is 2. The van der Waals surface area contributed by atoms with Gasteiger partial charge < -0.3 is 10.6 Å². The summed E-state index contributed by atoms with van der Waals surface area (Å²) in [6, 6.07) is 12.9. The van der Waals surface area contributed by atoms with Gasteiger partial charge in [0.25, 0.3) is 5.91 Å². The third-order valence-corrected chi connectivity index (χ3v) is 4.70. The van der Waals surface area contributed by atoms with Crippen LogP contribution in [0.1, 0.15) is 23.3 Å². The molecule has 0 bridgehead atoms. The third-order valence-electron chi connectivity index (χ3n) is 3.89. The number of carbonyl (C=O) groups excluding carboxylic acids is 2. The van der Waals surface area contributed by atoms with E-state index in [0.717, 1.165) is 0 Å². The predicted molar refractivity (Wildman–Crippen MR) is 106 cm³/mol. The van der Waals surface area contributed by atoms with E-state index in [-0.39, 0.29) is 16.5 Å². The number of hydrogen-bond acceptors (Lipinski definition) is 3. The van der Waals surface area contributed by atoms with Crippen LogP contribution in [0, 0.1) is 0 Å². The van der Waals surface area contributed by atoms with Crippen LogP contribution in [0.5, 0.6) is 0 Å². The molecule has 3 aromatic rings. The van der Waals surface area contributed by atoms with E-state index in [4.69, 9.17) is 23.2 Å². The van der Waals surface area contributed by atoms with Gasteiger partial charge in [0, 0.05) is 23.8 Å². The lowest BCUT2D eigenvalue weighted by atomic mass is 10.2. The Morgan fingerprint density at radius 1 is 1.04 bits per heavy atom. The first-order chi connectivity index (χ1) is 13.0. The standard InChI is InChI=1S/C19H16Cl2N4O2/c1-12(25-10-4-9-22-25)18(26)23-13-5-2-6-14(11-13)24-19(27)15-7-3-8-16(20)17(15)21/h2-12H,1H3,(H,23,26)(H,24,27)/t12-/m0/s1. The van der Waals surface area contributed by atoms with Gasteiger partial charge in [0.1, 0.15) is 6.04 Å². The van der Waals surface area contributed by atoms with Gasteiger partial charge in [-0.05, 0) is 43.3 Å². The van der Waals surface area contributed by atoms with Crippen LogP contribution in [0.2, 0.25) is 10.0 Å². The van der Waals surface area contributed by atoms with Gasteiger partial charge in [0.2, 0.25) is 5.91 Å². The molecule has 8 heteroatoms. The molecule has 0 aliphatic rings. The molecule has 27 heavy (non-hydrogen) atoms. The maximum atomic E-state index is 12.4. The number of nitrogens with one attached hydrogen (secondary N) is 2. The molecule has 138 valence electrons. The highest BCUT2D eigenvalue weighted by molar-refractivity contribution is 6.44. The Kier molecular flexibility index (Phi) is 5.78. The van der Waals surface area contributed by atoms with Crippen LogP contribution >= 0.6 is 23.2 Å². The molecule has 6 nitrogen and oxygen atoms in total. The van der Waals surface area contributed by atoms with E-state index in [2.05, 4.69) is 15.7 Å². The minimum atomic E-state index is -0.469. The number of benzene rings is 2. The Labute approximate surface area is 166 Å². The fourth-order valence-electron chi connectivity index (χ4n) is 2.43. The van der Waals surface area contributed by atoms with Crippen LogP contribution in [0.4, 0.5) is 11.4 Å². The number of carbonyl (C=O) groups is 2. The summed E-state index contributed by atoms with van der Waals surface area (Å²) in [5.74, 6) is -0.615. The van der Waals surface area contributed by atoms with E-state index in [0.29, 0.717) is 16.4 Å². The molecule has 0 radical (unpaired) electrons. The van der Waals surface area contributed by atoms with Crippen molar-refractivity contribution in [2.75, 3.05) is 10.6 Å². The second-order valence-electron chi connectivity index (χ2n) is 5.79. The van der Waals surface area contributed by atoms with Crippen molar-refractivity contribution in [3.8, 4) is 0 Å². The van der Waals surface area contributed by atoms with E-state index < -0.39 is 11.9 Å².